The fourth-order valence-corrected chi connectivity index (χ4v) is 3.28. The summed E-state index contributed by atoms with van der Waals surface area (Å²) in [6.45, 7) is 0. The summed E-state index contributed by atoms with van der Waals surface area (Å²) >= 11 is 11.8. The summed E-state index contributed by atoms with van der Waals surface area (Å²) in [7, 11) is 0. The van der Waals surface area contributed by atoms with Crippen molar-refractivity contribution in [2.45, 2.75) is 18.9 Å². The lowest BCUT2D eigenvalue weighted by atomic mass is 10.0. The van der Waals surface area contributed by atoms with Crippen LogP contribution < -0.4 is 11.1 Å². The molecule has 0 saturated heterocycles. The number of nitrogens with two attached hydrogens (primary N) is 1. The zero-order valence-electron chi connectivity index (χ0n) is 12.4. The van der Waals surface area contributed by atoms with Crippen LogP contribution in [0.3, 0.4) is 0 Å². The summed E-state index contributed by atoms with van der Waals surface area (Å²) < 4.78 is 0. The smallest absolute Gasteiger partial charge is 0.248 e. The Bertz CT molecular complexity index is 766. The Hall–Kier alpha value is -1.81. The normalized spacial score (nSPS) is 16.6. The third-order valence-corrected chi connectivity index (χ3v) is 4.28. The first-order valence-corrected chi connectivity index (χ1v) is 8.10. The maximum absolute atomic E-state index is 12.0. The zero-order valence-corrected chi connectivity index (χ0v) is 13.9. The summed E-state index contributed by atoms with van der Waals surface area (Å²) in [5.41, 5.74) is 10.0. The summed E-state index contributed by atoms with van der Waals surface area (Å²) in [6.07, 6.45) is 5.25. The van der Waals surface area contributed by atoms with Gasteiger partial charge in [-0.05, 0) is 53.8 Å². The fourth-order valence-electron chi connectivity index (χ4n) is 2.76. The Labute approximate surface area is 145 Å². The Morgan fingerprint density at radius 1 is 1.17 bits per heavy atom. The highest BCUT2D eigenvalue weighted by molar-refractivity contribution is 6.35. The van der Waals surface area contributed by atoms with Gasteiger partial charge in [-0.15, -0.1) is 0 Å². The summed E-state index contributed by atoms with van der Waals surface area (Å²) in [5.74, 6) is -0.236. The first-order chi connectivity index (χ1) is 11.0. The number of hydrogen-bond acceptors (Lipinski definition) is 2. The van der Waals surface area contributed by atoms with Crippen molar-refractivity contribution in [2.24, 2.45) is 5.73 Å². The average Bonchev–Trinajstić information content (AvgIpc) is 2.85. The van der Waals surface area contributed by atoms with Gasteiger partial charge in [0.25, 0.3) is 0 Å². The molecule has 0 radical (unpaired) electrons. The molecule has 0 bridgehead atoms. The van der Waals surface area contributed by atoms with Crippen LogP contribution in [0, 0.1) is 0 Å². The van der Waals surface area contributed by atoms with E-state index in [1.165, 1.54) is 17.2 Å². The van der Waals surface area contributed by atoms with Gasteiger partial charge in [0.15, 0.2) is 0 Å². The molecule has 23 heavy (non-hydrogen) atoms. The standard InChI is InChI=1S/C18H16Cl2N2O/c19-13-8-14(20)10-15(9-13)22-18(23)6-2-11-1-4-16-12(7-11)3-5-17(16)21/h1-2,4,6-10,17H,3,5,21H2,(H,22,23)/b6-2+. The molecule has 0 heterocycles. The van der Waals surface area contributed by atoms with Gasteiger partial charge in [-0.2, -0.15) is 0 Å². The van der Waals surface area contributed by atoms with E-state index in [9.17, 15) is 4.79 Å². The number of anilines is 1. The monoisotopic (exact) mass is 346 g/mol. The number of fused-ring (bicyclic) bond motifs is 1. The van der Waals surface area contributed by atoms with Gasteiger partial charge in [0.2, 0.25) is 5.91 Å². The van der Waals surface area contributed by atoms with E-state index in [1.807, 2.05) is 12.1 Å². The molecule has 118 valence electrons. The minimum absolute atomic E-state index is 0.138. The van der Waals surface area contributed by atoms with Crippen LogP contribution in [0.4, 0.5) is 5.69 Å². The van der Waals surface area contributed by atoms with Gasteiger partial charge < -0.3 is 11.1 Å². The molecule has 0 saturated carbocycles. The number of amides is 1. The lowest BCUT2D eigenvalue weighted by molar-refractivity contribution is -0.111. The van der Waals surface area contributed by atoms with Crippen molar-refractivity contribution in [1.82, 2.24) is 0 Å². The van der Waals surface area contributed by atoms with Crippen molar-refractivity contribution in [1.29, 1.82) is 0 Å². The van der Waals surface area contributed by atoms with E-state index in [1.54, 1.807) is 24.3 Å². The number of aryl methyl sites for hydroxylation is 1. The van der Waals surface area contributed by atoms with E-state index in [-0.39, 0.29) is 11.9 Å². The Kier molecular flexibility index (Phi) is 4.71. The van der Waals surface area contributed by atoms with E-state index >= 15 is 0 Å². The zero-order chi connectivity index (χ0) is 16.4. The number of carbonyl (C=O) groups excluding carboxylic acids is 1. The van der Waals surface area contributed by atoms with Gasteiger partial charge >= 0.3 is 0 Å². The molecule has 0 aromatic heterocycles. The molecule has 1 unspecified atom stereocenters. The summed E-state index contributed by atoms with van der Waals surface area (Å²) in [6, 6.07) is 11.2. The van der Waals surface area contributed by atoms with E-state index in [0.29, 0.717) is 15.7 Å². The molecule has 1 amide bonds. The van der Waals surface area contributed by atoms with Gasteiger partial charge in [-0.25, -0.2) is 0 Å². The molecule has 3 N–H and O–H groups in total. The van der Waals surface area contributed by atoms with Crippen LogP contribution in [0.5, 0.6) is 0 Å². The largest absolute Gasteiger partial charge is 0.324 e. The summed E-state index contributed by atoms with van der Waals surface area (Å²) in [4.78, 5) is 12.0. The van der Waals surface area contributed by atoms with E-state index < -0.39 is 0 Å². The molecule has 2 aromatic carbocycles. The number of hydrogen-bond donors (Lipinski definition) is 2. The Morgan fingerprint density at radius 3 is 2.65 bits per heavy atom. The van der Waals surface area contributed by atoms with Crippen LogP contribution in [-0.2, 0) is 11.2 Å². The van der Waals surface area contributed by atoms with Crippen molar-refractivity contribution < 1.29 is 4.79 Å². The van der Waals surface area contributed by atoms with Crippen LogP contribution in [0.1, 0.15) is 29.2 Å². The molecule has 0 aliphatic heterocycles. The highest BCUT2D eigenvalue weighted by atomic mass is 35.5. The number of benzene rings is 2. The molecular formula is C18H16Cl2N2O. The molecule has 3 rings (SSSR count). The van der Waals surface area contributed by atoms with Gasteiger partial charge in [0, 0.05) is 27.9 Å². The van der Waals surface area contributed by atoms with Gasteiger partial charge in [-0.1, -0.05) is 41.4 Å². The van der Waals surface area contributed by atoms with Gasteiger partial charge in [0.05, 0.1) is 0 Å². The molecule has 3 nitrogen and oxygen atoms in total. The molecule has 1 aliphatic rings. The molecule has 2 aromatic rings. The van der Waals surface area contributed by atoms with Crippen LogP contribution in [0.2, 0.25) is 10.0 Å². The van der Waals surface area contributed by atoms with Crippen molar-refractivity contribution in [3.05, 3.63) is 69.2 Å². The lowest BCUT2D eigenvalue weighted by Gasteiger charge is -2.05. The predicted octanol–water partition coefficient (Wildman–Crippen LogP) is 4.59. The quantitative estimate of drug-likeness (QED) is 0.798. The maximum Gasteiger partial charge on any atom is 0.248 e. The number of nitrogens with one attached hydrogen (secondary N) is 1. The molecule has 1 atom stereocenters. The topological polar surface area (TPSA) is 55.1 Å². The Balaban J connectivity index is 1.69. The first-order valence-electron chi connectivity index (χ1n) is 7.35. The molecule has 0 fully saturated rings. The van der Waals surface area contributed by atoms with Crippen LogP contribution in [0.15, 0.2) is 42.5 Å². The SMILES string of the molecule is NC1CCc2cc(/C=C/C(=O)Nc3cc(Cl)cc(Cl)c3)ccc21. The molecule has 5 heteroatoms. The predicted molar refractivity (Wildman–Crippen MR) is 95.8 cm³/mol. The van der Waals surface area contributed by atoms with E-state index in [4.69, 9.17) is 28.9 Å². The third-order valence-electron chi connectivity index (χ3n) is 3.85. The molecule has 0 spiro atoms. The molecule has 1 aliphatic carbocycles. The van der Waals surface area contributed by atoms with Crippen molar-refractivity contribution in [3.8, 4) is 0 Å². The second kappa shape index (κ2) is 6.75. The minimum atomic E-state index is -0.236. The maximum atomic E-state index is 12.0. The average molecular weight is 347 g/mol. The van der Waals surface area contributed by atoms with Gasteiger partial charge in [-0.3, -0.25) is 4.79 Å². The van der Waals surface area contributed by atoms with E-state index in [2.05, 4.69) is 11.4 Å². The third kappa shape index (κ3) is 3.94. The minimum Gasteiger partial charge on any atom is -0.324 e. The van der Waals surface area contributed by atoms with Crippen LogP contribution >= 0.6 is 23.2 Å². The van der Waals surface area contributed by atoms with Crippen molar-refractivity contribution in [2.75, 3.05) is 5.32 Å². The highest BCUT2D eigenvalue weighted by Gasteiger charge is 2.18. The fraction of sp³-hybridized carbons (Fsp3) is 0.167. The van der Waals surface area contributed by atoms with Crippen molar-refractivity contribution in [3.63, 3.8) is 0 Å². The second-order valence-corrected chi connectivity index (χ2v) is 6.46. The van der Waals surface area contributed by atoms with Crippen molar-refractivity contribution >= 4 is 40.9 Å². The number of carbonyl (C=O) groups is 1. The summed E-state index contributed by atoms with van der Waals surface area (Å²) in [5, 5.41) is 3.70. The van der Waals surface area contributed by atoms with Crippen LogP contribution in [0.25, 0.3) is 6.08 Å². The Morgan fingerprint density at radius 2 is 1.91 bits per heavy atom. The molecular weight excluding hydrogens is 331 g/mol. The van der Waals surface area contributed by atoms with E-state index in [0.717, 1.165) is 18.4 Å². The lowest BCUT2D eigenvalue weighted by Crippen LogP contribution is -2.07. The first kappa shape index (κ1) is 16.1. The number of rotatable bonds is 3. The van der Waals surface area contributed by atoms with Gasteiger partial charge in [0.1, 0.15) is 0 Å². The van der Waals surface area contributed by atoms with Crippen LogP contribution in [-0.4, -0.2) is 5.91 Å². The highest BCUT2D eigenvalue weighted by Crippen LogP contribution is 2.30. The second-order valence-electron chi connectivity index (χ2n) is 5.58. The number of halogens is 2.